The minimum atomic E-state index is 0.0446. The van der Waals surface area contributed by atoms with E-state index in [1.54, 1.807) is 18.3 Å². The zero-order valence-corrected chi connectivity index (χ0v) is 22.6. The van der Waals surface area contributed by atoms with E-state index in [9.17, 15) is 9.59 Å². The maximum absolute atomic E-state index is 13.9. The van der Waals surface area contributed by atoms with Gasteiger partial charge in [-0.2, -0.15) is 0 Å². The minimum absolute atomic E-state index is 0.0446. The molecule has 2 aromatic carbocycles. The van der Waals surface area contributed by atoms with Crippen molar-refractivity contribution in [1.29, 1.82) is 0 Å². The number of hydrogen-bond donors (Lipinski definition) is 0. The SMILES string of the molecule is CC(=O)N1CCC2CCCC(CN(C(=O)Cc3cccc(C)c3)Cc3ccccc31)N2Cc1nccs1. The molecule has 0 radical (unpaired) electrons. The van der Waals surface area contributed by atoms with Crippen molar-refractivity contribution in [3.05, 3.63) is 81.8 Å². The Morgan fingerprint density at radius 2 is 1.89 bits per heavy atom. The molecule has 37 heavy (non-hydrogen) atoms. The Kier molecular flexibility index (Phi) is 8.01. The number of rotatable bonds is 4. The number of hydrogen-bond acceptors (Lipinski definition) is 5. The van der Waals surface area contributed by atoms with Crippen LogP contribution in [0, 0.1) is 6.92 Å². The van der Waals surface area contributed by atoms with Gasteiger partial charge in [0, 0.05) is 55.9 Å². The van der Waals surface area contributed by atoms with Gasteiger partial charge >= 0.3 is 0 Å². The Labute approximate surface area is 223 Å². The summed E-state index contributed by atoms with van der Waals surface area (Å²) in [4.78, 5) is 37.8. The van der Waals surface area contributed by atoms with E-state index in [0.717, 1.165) is 59.6 Å². The Balaban J connectivity index is 1.51. The van der Waals surface area contributed by atoms with Crippen LogP contribution in [0.5, 0.6) is 0 Å². The summed E-state index contributed by atoms with van der Waals surface area (Å²) >= 11 is 1.69. The highest BCUT2D eigenvalue weighted by Crippen LogP contribution is 2.32. The van der Waals surface area contributed by atoms with Crippen molar-refractivity contribution in [2.24, 2.45) is 0 Å². The van der Waals surface area contributed by atoms with Gasteiger partial charge in [0.15, 0.2) is 0 Å². The van der Waals surface area contributed by atoms with Crippen LogP contribution >= 0.6 is 11.3 Å². The molecule has 2 aliphatic heterocycles. The summed E-state index contributed by atoms with van der Waals surface area (Å²) < 4.78 is 0. The lowest BCUT2D eigenvalue weighted by molar-refractivity contribution is -0.132. The van der Waals surface area contributed by atoms with E-state index in [4.69, 9.17) is 0 Å². The summed E-state index contributed by atoms with van der Waals surface area (Å²) in [5.74, 6) is 0.175. The molecule has 7 heteroatoms. The van der Waals surface area contributed by atoms with Crippen LogP contribution in [0.15, 0.2) is 60.1 Å². The van der Waals surface area contributed by atoms with Gasteiger partial charge in [0.2, 0.25) is 11.8 Å². The van der Waals surface area contributed by atoms with E-state index < -0.39 is 0 Å². The monoisotopic (exact) mass is 516 g/mol. The van der Waals surface area contributed by atoms with Crippen molar-refractivity contribution in [1.82, 2.24) is 14.8 Å². The van der Waals surface area contributed by atoms with Gasteiger partial charge in [-0.15, -0.1) is 11.3 Å². The zero-order valence-electron chi connectivity index (χ0n) is 21.8. The number of thiazole rings is 1. The standard InChI is InChI=1S/C30H36N4O2S/c1-22-7-5-8-24(17-22)18-30(36)32-19-25-9-3-4-12-28(25)33(23(2)35)15-13-26-10-6-11-27(20-32)34(26)21-29-31-14-16-37-29/h3-5,7-9,12,14,16-17,26-27H,6,10-11,13,15,18-21H2,1-2H3. The molecule has 2 unspecified atom stereocenters. The van der Waals surface area contributed by atoms with Crippen LogP contribution in [0.1, 0.15) is 54.3 Å². The van der Waals surface area contributed by atoms with Crippen molar-refractivity contribution in [3.63, 3.8) is 0 Å². The third kappa shape index (κ3) is 6.11. The van der Waals surface area contributed by atoms with Gasteiger partial charge in [0.25, 0.3) is 0 Å². The Hall–Kier alpha value is -3.03. The quantitative estimate of drug-likeness (QED) is 0.478. The second-order valence-corrected chi connectivity index (χ2v) is 11.3. The Bertz CT molecular complexity index is 1230. The smallest absolute Gasteiger partial charge is 0.227 e. The fourth-order valence-electron chi connectivity index (χ4n) is 5.93. The van der Waals surface area contributed by atoms with Gasteiger partial charge < -0.3 is 9.80 Å². The largest absolute Gasteiger partial charge is 0.336 e. The molecule has 1 fully saturated rings. The predicted octanol–water partition coefficient (Wildman–Crippen LogP) is 5.20. The van der Waals surface area contributed by atoms with Crippen LogP contribution in [-0.2, 0) is 29.1 Å². The van der Waals surface area contributed by atoms with Crippen LogP contribution in [0.2, 0.25) is 0 Å². The second-order valence-electron chi connectivity index (χ2n) is 10.4. The normalized spacial score (nSPS) is 20.7. The first-order valence-corrected chi connectivity index (χ1v) is 14.2. The number of aryl methyl sites for hydroxylation is 1. The van der Waals surface area contributed by atoms with E-state index in [1.807, 2.05) is 51.7 Å². The van der Waals surface area contributed by atoms with Crippen molar-refractivity contribution in [2.45, 2.75) is 71.1 Å². The average molecular weight is 517 g/mol. The van der Waals surface area contributed by atoms with Crippen molar-refractivity contribution in [2.75, 3.05) is 18.0 Å². The first-order chi connectivity index (χ1) is 18.0. The summed E-state index contributed by atoms with van der Waals surface area (Å²) in [6.07, 6.45) is 6.46. The molecule has 0 N–H and O–H groups in total. The number of fused-ring (bicyclic) bond motifs is 3. The number of anilines is 1. The molecule has 2 atom stereocenters. The van der Waals surface area contributed by atoms with Gasteiger partial charge in [-0.05, 0) is 43.4 Å². The van der Waals surface area contributed by atoms with Crippen LogP contribution in [0.25, 0.3) is 0 Å². The topological polar surface area (TPSA) is 56.8 Å². The molecule has 1 aromatic heterocycles. The number of aromatic nitrogens is 1. The first-order valence-electron chi connectivity index (χ1n) is 13.3. The van der Waals surface area contributed by atoms with E-state index in [-0.39, 0.29) is 17.9 Å². The summed E-state index contributed by atoms with van der Waals surface area (Å²) in [5, 5.41) is 3.14. The minimum Gasteiger partial charge on any atom is -0.336 e. The summed E-state index contributed by atoms with van der Waals surface area (Å²) in [7, 11) is 0. The molecule has 2 aliphatic rings. The molecule has 0 aliphatic carbocycles. The molecule has 3 aromatic rings. The zero-order chi connectivity index (χ0) is 25.8. The average Bonchev–Trinajstić information content (AvgIpc) is 3.38. The summed E-state index contributed by atoms with van der Waals surface area (Å²) in [5.41, 5.74) is 4.15. The summed E-state index contributed by atoms with van der Waals surface area (Å²) in [6, 6.07) is 16.9. The highest BCUT2D eigenvalue weighted by atomic mass is 32.1. The van der Waals surface area contributed by atoms with E-state index in [1.165, 1.54) is 0 Å². The Morgan fingerprint density at radius 1 is 1.05 bits per heavy atom. The van der Waals surface area contributed by atoms with Crippen molar-refractivity contribution < 1.29 is 9.59 Å². The molecule has 1 saturated heterocycles. The fraction of sp³-hybridized carbons (Fsp3) is 0.433. The lowest BCUT2D eigenvalue weighted by Crippen LogP contribution is -2.52. The number of nitrogens with zero attached hydrogens (tertiary/aromatic N) is 4. The van der Waals surface area contributed by atoms with E-state index in [2.05, 4.69) is 35.0 Å². The fourth-order valence-corrected chi connectivity index (χ4v) is 6.55. The molecule has 6 nitrogen and oxygen atoms in total. The third-order valence-corrected chi connectivity index (χ3v) is 8.51. The van der Waals surface area contributed by atoms with Gasteiger partial charge in [0.1, 0.15) is 5.01 Å². The van der Waals surface area contributed by atoms with E-state index in [0.29, 0.717) is 32.1 Å². The number of piperidine rings is 1. The molecule has 0 spiro atoms. The molecular formula is C30H36N4O2S. The maximum Gasteiger partial charge on any atom is 0.227 e. The number of amides is 2. The van der Waals surface area contributed by atoms with Gasteiger partial charge in [0.05, 0.1) is 13.0 Å². The molecular weight excluding hydrogens is 480 g/mol. The lowest BCUT2D eigenvalue weighted by atomic mass is 9.92. The molecule has 0 saturated carbocycles. The highest BCUT2D eigenvalue weighted by molar-refractivity contribution is 7.09. The molecule has 2 amide bonds. The van der Waals surface area contributed by atoms with Crippen LogP contribution in [-0.4, -0.2) is 51.8 Å². The van der Waals surface area contributed by atoms with Gasteiger partial charge in [-0.25, -0.2) is 4.98 Å². The van der Waals surface area contributed by atoms with Crippen LogP contribution in [0.3, 0.4) is 0 Å². The second kappa shape index (κ2) is 11.6. The van der Waals surface area contributed by atoms with Gasteiger partial charge in [-0.1, -0.05) is 54.4 Å². The molecule has 5 rings (SSSR count). The number of carbonyl (C=O) groups excluding carboxylic acids is 2. The predicted molar refractivity (Wildman–Crippen MR) is 148 cm³/mol. The third-order valence-electron chi connectivity index (χ3n) is 7.75. The lowest BCUT2D eigenvalue weighted by Gasteiger charge is -2.43. The van der Waals surface area contributed by atoms with Crippen molar-refractivity contribution >= 4 is 28.8 Å². The maximum atomic E-state index is 13.9. The molecule has 194 valence electrons. The highest BCUT2D eigenvalue weighted by Gasteiger charge is 2.35. The number of para-hydroxylation sites is 1. The Morgan fingerprint density at radius 3 is 2.68 bits per heavy atom. The van der Waals surface area contributed by atoms with Crippen molar-refractivity contribution in [3.8, 4) is 0 Å². The van der Waals surface area contributed by atoms with Gasteiger partial charge in [-0.3, -0.25) is 14.5 Å². The molecule has 2 bridgehead atoms. The molecule has 3 heterocycles. The number of carbonyl (C=O) groups is 2. The summed E-state index contributed by atoms with van der Waals surface area (Å²) in [6.45, 7) is 6.35. The van der Waals surface area contributed by atoms with E-state index >= 15 is 0 Å². The van der Waals surface area contributed by atoms with Crippen LogP contribution < -0.4 is 4.90 Å². The van der Waals surface area contributed by atoms with Crippen LogP contribution in [0.4, 0.5) is 5.69 Å². The first kappa shape index (κ1) is 25.6. The number of benzene rings is 2.